The Bertz CT molecular complexity index is 579. The van der Waals surface area contributed by atoms with Crippen LogP contribution in [0.25, 0.3) is 0 Å². The van der Waals surface area contributed by atoms with Crippen LogP contribution >= 0.6 is 0 Å². The first-order chi connectivity index (χ1) is 15.2. The van der Waals surface area contributed by atoms with Gasteiger partial charge in [0, 0.05) is 12.1 Å². The molecule has 0 aliphatic heterocycles. The zero-order chi connectivity index (χ0) is 23.9. The van der Waals surface area contributed by atoms with Gasteiger partial charge in [-0.3, -0.25) is 9.59 Å². The number of carbonyl (C=O) groups is 1. The first kappa shape index (κ1) is 31.7. The van der Waals surface area contributed by atoms with Crippen molar-refractivity contribution in [3.8, 4) is 0 Å². The molecule has 5 nitrogen and oxygen atoms in total. The van der Waals surface area contributed by atoms with Crippen LogP contribution in [-0.2, 0) is 11.2 Å². The van der Waals surface area contributed by atoms with Crippen LogP contribution in [0.15, 0.2) is 9.59 Å². The first-order valence-electron chi connectivity index (χ1n) is 12.7. The fourth-order valence-corrected chi connectivity index (χ4v) is 3.69. The Kier molecular flexibility index (Phi) is 23.7. The van der Waals surface area contributed by atoms with Gasteiger partial charge in [0.1, 0.15) is 6.79 Å². The lowest BCUT2D eigenvalue weighted by Crippen LogP contribution is -2.38. The summed E-state index contributed by atoms with van der Waals surface area (Å²) in [6.45, 7) is 16.7. The molecular formula is C26H50N2O3. The predicted octanol–water partition coefficient (Wildman–Crippen LogP) is 5.73. The minimum absolute atomic E-state index is 0.291. The highest BCUT2D eigenvalue weighted by Crippen LogP contribution is 2.10. The van der Waals surface area contributed by atoms with Crippen molar-refractivity contribution in [2.24, 2.45) is 0 Å². The van der Waals surface area contributed by atoms with Gasteiger partial charge in [0.25, 0.3) is 0 Å². The largest absolute Gasteiger partial charge is 0.381 e. The molecule has 0 aliphatic carbocycles. The molecule has 182 valence electrons. The molecule has 0 radical (unpaired) electrons. The molecule has 0 unspecified atom stereocenters. The van der Waals surface area contributed by atoms with Crippen molar-refractivity contribution in [2.75, 3.05) is 31.5 Å². The van der Waals surface area contributed by atoms with Gasteiger partial charge in [0.15, 0.2) is 0 Å². The molecule has 0 saturated heterocycles. The highest BCUT2D eigenvalue weighted by atomic mass is 16.2. The molecule has 0 fully saturated rings. The fraction of sp³-hybridized carbons (Fsp3) is 0.808. The Hall–Kier alpha value is -1.49. The number of nitrogens with zero attached hydrogens (tertiary/aromatic N) is 1. The Balaban J connectivity index is 0. The number of anilines is 1. The average Bonchev–Trinajstić information content (AvgIpc) is 2.82. The van der Waals surface area contributed by atoms with E-state index in [4.69, 9.17) is 4.79 Å². The first-order valence-corrected chi connectivity index (χ1v) is 12.7. The monoisotopic (exact) mass is 438 g/mol. The number of hydrogen-bond acceptors (Lipinski definition) is 5. The summed E-state index contributed by atoms with van der Waals surface area (Å²) in [5.41, 5.74) is 0.646. The summed E-state index contributed by atoms with van der Waals surface area (Å²) in [7, 11) is 0. The topological polar surface area (TPSA) is 66.5 Å². The van der Waals surface area contributed by atoms with Crippen molar-refractivity contribution in [1.82, 2.24) is 4.90 Å². The predicted molar refractivity (Wildman–Crippen MR) is 136 cm³/mol. The molecule has 0 saturated carbocycles. The van der Waals surface area contributed by atoms with E-state index in [-0.39, 0.29) is 10.9 Å². The summed E-state index contributed by atoms with van der Waals surface area (Å²) in [6.07, 6.45) is 14.9. The number of unbranched alkanes of at least 4 members (excludes halogenated alkanes) is 8. The molecule has 0 aliphatic rings. The highest BCUT2D eigenvalue weighted by molar-refractivity contribution is 5.56. The lowest BCUT2D eigenvalue weighted by molar-refractivity contribution is -0.0979. The van der Waals surface area contributed by atoms with Crippen molar-refractivity contribution in [3.63, 3.8) is 0 Å². The number of carbonyl (C=O) groups excluding carboxylic acids is 1. The maximum atomic E-state index is 11.6. The van der Waals surface area contributed by atoms with Crippen molar-refractivity contribution in [1.29, 1.82) is 0 Å². The van der Waals surface area contributed by atoms with E-state index in [1.54, 1.807) is 0 Å². The molecule has 1 aromatic rings. The van der Waals surface area contributed by atoms with Gasteiger partial charge >= 0.3 is 0 Å². The summed E-state index contributed by atoms with van der Waals surface area (Å²) in [5, 5.41) is 3.21. The van der Waals surface area contributed by atoms with E-state index >= 15 is 0 Å². The second-order valence-corrected chi connectivity index (χ2v) is 7.82. The zero-order valence-corrected chi connectivity index (χ0v) is 21.2. The van der Waals surface area contributed by atoms with E-state index < -0.39 is 0 Å². The Morgan fingerprint density at radius 3 is 1.65 bits per heavy atom. The lowest BCUT2D eigenvalue weighted by Gasteiger charge is -2.23. The lowest BCUT2D eigenvalue weighted by atomic mass is 10.0. The molecule has 0 spiro atoms. The standard InChI is InChI=1S/C23H42N2O2.C2H6.CH2O/c1-4-7-9-11-12-14-18-25(17-13-10-8-5-2)19-15-16-24-21-20(6-3)22(26)23(21)27;2*1-2/h24H,4-19H2,1-3H3;1-2H3;1H2. The second-order valence-electron chi connectivity index (χ2n) is 7.82. The molecule has 0 amide bonds. The van der Waals surface area contributed by atoms with Crippen molar-refractivity contribution in [3.05, 3.63) is 26.0 Å². The molecule has 5 heteroatoms. The summed E-state index contributed by atoms with van der Waals surface area (Å²) in [4.78, 5) is 33.7. The summed E-state index contributed by atoms with van der Waals surface area (Å²) in [5.74, 6) is 0. The van der Waals surface area contributed by atoms with Crippen LogP contribution in [0.5, 0.6) is 0 Å². The molecule has 1 aromatic carbocycles. The third kappa shape index (κ3) is 14.2. The molecule has 0 bridgehead atoms. The van der Waals surface area contributed by atoms with Gasteiger partial charge in [-0.1, -0.05) is 86.0 Å². The van der Waals surface area contributed by atoms with E-state index in [0.717, 1.165) is 19.5 Å². The van der Waals surface area contributed by atoms with E-state index in [0.29, 0.717) is 17.7 Å². The maximum absolute atomic E-state index is 11.6. The quantitative estimate of drug-likeness (QED) is 0.234. The molecule has 0 aromatic heterocycles. The molecule has 1 N–H and O–H groups in total. The van der Waals surface area contributed by atoms with Crippen LogP contribution < -0.4 is 16.2 Å². The molecule has 31 heavy (non-hydrogen) atoms. The third-order valence-electron chi connectivity index (χ3n) is 5.47. The van der Waals surface area contributed by atoms with Gasteiger partial charge in [-0.15, -0.1) is 0 Å². The Labute approximate surface area is 191 Å². The molecule has 0 heterocycles. The maximum Gasteiger partial charge on any atom is 0.249 e. The van der Waals surface area contributed by atoms with Crippen LogP contribution in [0.4, 0.5) is 5.69 Å². The van der Waals surface area contributed by atoms with Gasteiger partial charge in [0.05, 0.1) is 5.69 Å². The second kappa shape index (κ2) is 23.2. The van der Waals surface area contributed by atoms with Crippen molar-refractivity contribution in [2.45, 2.75) is 112 Å². The smallest absolute Gasteiger partial charge is 0.249 e. The fourth-order valence-electron chi connectivity index (χ4n) is 3.69. The normalized spacial score (nSPS) is 10.4. The summed E-state index contributed by atoms with van der Waals surface area (Å²) < 4.78 is 0. The Morgan fingerprint density at radius 2 is 1.13 bits per heavy atom. The van der Waals surface area contributed by atoms with Crippen molar-refractivity contribution < 1.29 is 4.79 Å². The van der Waals surface area contributed by atoms with Gasteiger partial charge in [0.2, 0.25) is 10.9 Å². The van der Waals surface area contributed by atoms with E-state index in [1.165, 1.54) is 77.3 Å². The van der Waals surface area contributed by atoms with Gasteiger partial charge < -0.3 is 15.0 Å². The van der Waals surface area contributed by atoms with Crippen LogP contribution in [0.1, 0.15) is 111 Å². The highest BCUT2D eigenvalue weighted by Gasteiger charge is 2.18. The molecular weight excluding hydrogens is 388 g/mol. The summed E-state index contributed by atoms with van der Waals surface area (Å²) >= 11 is 0. The zero-order valence-electron chi connectivity index (χ0n) is 21.2. The Morgan fingerprint density at radius 1 is 0.677 bits per heavy atom. The SMILES string of the molecule is C=O.CC.CCCCCCCCN(CCCCCC)CCCNc1c(CC)c(=O)c1=O. The number of rotatable bonds is 18. The van der Waals surface area contributed by atoms with E-state index in [9.17, 15) is 9.59 Å². The minimum Gasteiger partial charge on any atom is -0.381 e. The van der Waals surface area contributed by atoms with Crippen LogP contribution in [0.3, 0.4) is 0 Å². The van der Waals surface area contributed by atoms with Gasteiger partial charge in [-0.25, -0.2) is 0 Å². The minimum atomic E-state index is -0.324. The average molecular weight is 439 g/mol. The van der Waals surface area contributed by atoms with Crippen LogP contribution in [-0.4, -0.2) is 37.9 Å². The summed E-state index contributed by atoms with van der Waals surface area (Å²) in [6, 6.07) is 0. The third-order valence-corrected chi connectivity index (χ3v) is 5.47. The number of hydrogen-bond donors (Lipinski definition) is 1. The van der Waals surface area contributed by atoms with Gasteiger partial charge in [-0.2, -0.15) is 0 Å². The molecule has 0 atom stereocenters. The molecule has 1 rings (SSSR count). The van der Waals surface area contributed by atoms with E-state index in [1.807, 2.05) is 27.6 Å². The van der Waals surface area contributed by atoms with E-state index in [2.05, 4.69) is 24.1 Å². The van der Waals surface area contributed by atoms with Crippen LogP contribution in [0, 0.1) is 0 Å². The van der Waals surface area contributed by atoms with Crippen LogP contribution in [0.2, 0.25) is 0 Å². The van der Waals surface area contributed by atoms with Gasteiger partial charge in [-0.05, 0) is 45.3 Å². The number of nitrogens with one attached hydrogen (secondary N) is 1. The van der Waals surface area contributed by atoms with Crippen molar-refractivity contribution >= 4 is 12.5 Å².